The maximum atomic E-state index is 10.7. The summed E-state index contributed by atoms with van der Waals surface area (Å²) < 4.78 is 3.27. The number of rotatable bonds is 3. The Kier molecular flexibility index (Phi) is 3.15. The Morgan fingerprint density at radius 2 is 2.19 bits per heavy atom. The van der Waals surface area contributed by atoms with Crippen LogP contribution < -0.4 is 0 Å². The van der Waals surface area contributed by atoms with Gasteiger partial charge in [-0.25, -0.2) is 0 Å². The molecule has 1 aromatic heterocycles. The minimum atomic E-state index is 0.605. The lowest BCUT2D eigenvalue weighted by Gasteiger charge is -2.07. The van der Waals surface area contributed by atoms with Gasteiger partial charge in [0.2, 0.25) is 0 Å². The molecular formula is C13H14BrNO. The Morgan fingerprint density at radius 1 is 1.44 bits per heavy atom. The van der Waals surface area contributed by atoms with Crippen molar-refractivity contribution >= 4 is 33.1 Å². The fourth-order valence-corrected chi connectivity index (χ4v) is 2.45. The average molecular weight is 280 g/mol. The Labute approximate surface area is 103 Å². The molecule has 0 saturated carbocycles. The van der Waals surface area contributed by atoms with Crippen LogP contribution in [0.4, 0.5) is 0 Å². The van der Waals surface area contributed by atoms with Crippen LogP contribution in [0.5, 0.6) is 0 Å². The van der Waals surface area contributed by atoms with Gasteiger partial charge in [0.15, 0.2) is 0 Å². The molecular weight excluding hydrogens is 266 g/mol. The molecule has 0 spiro atoms. The summed E-state index contributed by atoms with van der Waals surface area (Å²) in [4.78, 5) is 10.7. The molecule has 1 aromatic carbocycles. The van der Waals surface area contributed by atoms with Gasteiger partial charge in [-0.05, 0) is 40.0 Å². The smallest absolute Gasteiger partial charge is 0.150 e. The molecule has 0 aliphatic heterocycles. The third-order valence-corrected chi connectivity index (χ3v) is 3.19. The molecule has 0 N–H and O–H groups in total. The number of halogens is 1. The second-order valence-electron chi connectivity index (χ2n) is 4.42. The fourth-order valence-electron chi connectivity index (χ4n) is 1.89. The predicted octanol–water partition coefficient (Wildman–Crippen LogP) is 3.87. The van der Waals surface area contributed by atoms with Crippen LogP contribution in [0.25, 0.3) is 10.9 Å². The van der Waals surface area contributed by atoms with Crippen LogP contribution in [-0.4, -0.2) is 10.9 Å². The zero-order valence-corrected chi connectivity index (χ0v) is 11.0. The molecule has 0 unspecified atom stereocenters. The largest absolute Gasteiger partial charge is 0.346 e. The minimum Gasteiger partial charge on any atom is -0.346 e. The van der Waals surface area contributed by atoms with Gasteiger partial charge in [0.1, 0.15) is 6.29 Å². The molecule has 3 heteroatoms. The van der Waals surface area contributed by atoms with Gasteiger partial charge in [-0.2, -0.15) is 0 Å². The highest BCUT2D eigenvalue weighted by Gasteiger charge is 2.08. The van der Waals surface area contributed by atoms with Crippen molar-refractivity contribution in [2.75, 3.05) is 0 Å². The fraction of sp³-hybridized carbons (Fsp3) is 0.308. The van der Waals surface area contributed by atoms with Crippen molar-refractivity contribution in [2.24, 2.45) is 5.92 Å². The van der Waals surface area contributed by atoms with Crippen LogP contribution in [0.3, 0.4) is 0 Å². The van der Waals surface area contributed by atoms with E-state index in [1.54, 1.807) is 0 Å². The monoisotopic (exact) mass is 279 g/mol. The van der Waals surface area contributed by atoms with E-state index in [-0.39, 0.29) is 0 Å². The average Bonchev–Trinajstić information content (AvgIpc) is 2.54. The third-order valence-electron chi connectivity index (χ3n) is 2.55. The van der Waals surface area contributed by atoms with Crippen molar-refractivity contribution in [2.45, 2.75) is 20.4 Å². The maximum absolute atomic E-state index is 10.7. The van der Waals surface area contributed by atoms with Gasteiger partial charge >= 0.3 is 0 Å². The van der Waals surface area contributed by atoms with Crippen LogP contribution in [-0.2, 0) is 6.54 Å². The molecule has 2 nitrogen and oxygen atoms in total. The molecule has 0 radical (unpaired) electrons. The predicted molar refractivity (Wildman–Crippen MR) is 69.9 cm³/mol. The summed E-state index contributed by atoms with van der Waals surface area (Å²) >= 11 is 3.53. The van der Waals surface area contributed by atoms with E-state index in [4.69, 9.17) is 0 Å². The van der Waals surface area contributed by atoms with Crippen LogP contribution in [0.1, 0.15) is 24.2 Å². The highest BCUT2D eigenvalue weighted by molar-refractivity contribution is 9.10. The van der Waals surface area contributed by atoms with Gasteiger partial charge in [0.25, 0.3) is 0 Å². The molecule has 1 heterocycles. The van der Waals surface area contributed by atoms with Crippen molar-refractivity contribution in [3.05, 3.63) is 34.4 Å². The number of aromatic nitrogens is 1. The van der Waals surface area contributed by atoms with Crippen molar-refractivity contribution < 1.29 is 4.79 Å². The Bertz CT molecular complexity index is 528. The topological polar surface area (TPSA) is 22.0 Å². The molecule has 0 fully saturated rings. The van der Waals surface area contributed by atoms with E-state index in [0.29, 0.717) is 5.92 Å². The molecule has 0 atom stereocenters. The maximum Gasteiger partial charge on any atom is 0.150 e. The van der Waals surface area contributed by atoms with Crippen molar-refractivity contribution in [1.29, 1.82) is 0 Å². The number of benzene rings is 1. The second kappa shape index (κ2) is 4.42. The third kappa shape index (κ3) is 2.05. The number of hydrogen-bond acceptors (Lipinski definition) is 1. The van der Waals surface area contributed by atoms with E-state index in [1.165, 1.54) is 5.52 Å². The van der Waals surface area contributed by atoms with E-state index < -0.39 is 0 Å². The number of aldehydes is 1. The lowest BCUT2D eigenvalue weighted by atomic mass is 10.1. The first-order chi connectivity index (χ1) is 7.61. The molecule has 0 aliphatic carbocycles. The molecule has 2 aromatic rings. The number of carbonyl (C=O) groups excluding carboxylic acids is 1. The van der Waals surface area contributed by atoms with E-state index in [9.17, 15) is 4.79 Å². The summed E-state index contributed by atoms with van der Waals surface area (Å²) in [6, 6.07) is 5.79. The van der Waals surface area contributed by atoms with Crippen molar-refractivity contribution in [3.63, 3.8) is 0 Å². The lowest BCUT2D eigenvalue weighted by Crippen LogP contribution is -2.02. The Hall–Kier alpha value is -1.09. The normalized spacial score (nSPS) is 11.2. The first-order valence-corrected chi connectivity index (χ1v) is 6.14. The first-order valence-electron chi connectivity index (χ1n) is 5.35. The SMILES string of the molecule is CC(C)Cn1cc(Br)c2cc(C=O)ccc21. The van der Waals surface area contributed by atoms with Gasteiger partial charge in [-0.15, -0.1) is 0 Å². The summed E-state index contributed by atoms with van der Waals surface area (Å²) in [7, 11) is 0. The van der Waals surface area contributed by atoms with E-state index in [2.05, 4.69) is 40.5 Å². The minimum absolute atomic E-state index is 0.605. The summed E-state index contributed by atoms with van der Waals surface area (Å²) in [6.45, 7) is 5.38. The number of carbonyl (C=O) groups is 1. The molecule has 84 valence electrons. The van der Waals surface area contributed by atoms with E-state index in [0.717, 1.165) is 28.3 Å². The van der Waals surface area contributed by atoms with Gasteiger partial charge in [0, 0.05) is 33.7 Å². The van der Waals surface area contributed by atoms with Crippen molar-refractivity contribution in [3.8, 4) is 0 Å². The molecule has 0 aliphatic rings. The standard InChI is InChI=1S/C13H14BrNO/c1-9(2)6-15-7-12(14)11-5-10(8-16)3-4-13(11)15/h3-5,7-9H,6H2,1-2H3. The second-order valence-corrected chi connectivity index (χ2v) is 5.27. The summed E-state index contributed by atoms with van der Waals surface area (Å²) in [5, 5.41) is 1.10. The van der Waals surface area contributed by atoms with Crippen LogP contribution in [0, 0.1) is 5.92 Å². The quantitative estimate of drug-likeness (QED) is 0.782. The number of nitrogens with zero attached hydrogens (tertiary/aromatic N) is 1. The number of fused-ring (bicyclic) bond motifs is 1. The molecule has 0 saturated heterocycles. The highest BCUT2D eigenvalue weighted by Crippen LogP contribution is 2.27. The Balaban J connectivity index is 2.57. The molecule has 2 rings (SSSR count). The summed E-state index contributed by atoms with van der Waals surface area (Å²) in [6.07, 6.45) is 2.96. The van der Waals surface area contributed by atoms with Crippen LogP contribution >= 0.6 is 15.9 Å². The van der Waals surface area contributed by atoms with Crippen molar-refractivity contribution in [1.82, 2.24) is 4.57 Å². The Morgan fingerprint density at radius 3 is 2.81 bits per heavy atom. The first kappa shape index (κ1) is 11.4. The molecule has 0 amide bonds. The molecule has 0 bridgehead atoms. The van der Waals surface area contributed by atoms with Crippen LogP contribution in [0.15, 0.2) is 28.9 Å². The van der Waals surface area contributed by atoms with Gasteiger partial charge in [-0.3, -0.25) is 4.79 Å². The highest BCUT2D eigenvalue weighted by atomic mass is 79.9. The van der Waals surface area contributed by atoms with Crippen LogP contribution in [0.2, 0.25) is 0 Å². The van der Waals surface area contributed by atoms with Gasteiger partial charge in [0.05, 0.1) is 0 Å². The van der Waals surface area contributed by atoms with Gasteiger partial charge in [-0.1, -0.05) is 13.8 Å². The van der Waals surface area contributed by atoms with E-state index >= 15 is 0 Å². The zero-order valence-electron chi connectivity index (χ0n) is 9.40. The van der Waals surface area contributed by atoms with E-state index in [1.807, 2.05) is 18.2 Å². The summed E-state index contributed by atoms with van der Waals surface area (Å²) in [5.41, 5.74) is 1.89. The molecule has 16 heavy (non-hydrogen) atoms. The zero-order chi connectivity index (χ0) is 11.7. The lowest BCUT2D eigenvalue weighted by molar-refractivity contribution is 0.112. The van der Waals surface area contributed by atoms with Gasteiger partial charge < -0.3 is 4.57 Å². The number of hydrogen-bond donors (Lipinski definition) is 0. The summed E-state index contributed by atoms with van der Waals surface area (Å²) in [5.74, 6) is 0.605.